The Morgan fingerprint density at radius 2 is 0.846 bits per heavy atom. The lowest BCUT2D eigenvalue weighted by Crippen LogP contribution is -2.67. The lowest BCUT2D eigenvalue weighted by Gasteiger charge is -2.48. The molecule has 0 radical (unpaired) electrons. The third-order valence-corrected chi connectivity index (χ3v) is 6.83. The molecule has 0 aliphatic carbocycles. The predicted molar refractivity (Wildman–Crippen MR) is 165 cm³/mol. The van der Waals surface area contributed by atoms with Gasteiger partial charge in [0.1, 0.15) is 38.1 Å². The van der Waals surface area contributed by atoms with Crippen molar-refractivity contribution < 1.29 is 95.2 Å². The van der Waals surface area contributed by atoms with Crippen LogP contribution in [0.25, 0.3) is 0 Å². The van der Waals surface area contributed by atoms with Gasteiger partial charge in [0.2, 0.25) is 0 Å². The second-order valence-electron chi connectivity index (χ2n) is 11.4. The molecule has 2 fully saturated rings. The normalized spacial score (nSPS) is 28.2. The summed E-state index contributed by atoms with van der Waals surface area (Å²) in [6.07, 6.45) is -16.0. The number of ether oxygens (including phenoxy) is 12. The van der Waals surface area contributed by atoms with E-state index < -0.39 is 122 Å². The summed E-state index contributed by atoms with van der Waals surface area (Å²) >= 11 is 0. The van der Waals surface area contributed by atoms with E-state index in [1.165, 1.54) is 6.92 Å². The molecule has 52 heavy (non-hydrogen) atoms. The van der Waals surface area contributed by atoms with Crippen LogP contribution < -0.4 is 0 Å². The zero-order valence-electron chi connectivity index (χ0n) is 30.0. The maximum absolute atomic E-state index is 12.5. The zero-order chi connectivity index (χ0) is 39.3. The van der Waals surface area contributed by atoms with Gasteiger partial charge in [0.15, 0.2) is 43.1 Å². The van der Waals surface area contributed by atoms with E-state index in [2.05, 4.69) is 6.58 Å². The number of hydrogen-bond acceptors (Lipinski definition) is 20. The fourth-order valence-electron chi connectivity index (χ4n) is 5.03. The molecule has 10 atom stereocenters. The highest BCUT2D eigenvalue weighted by molar-refractivity contribution is 5.86. The van der Waals surface area contributed by atoms with Crippen molar-refractivity contribution in [3.63, 3.8) is 0 Å². The second kappa shape index (κ2) is 20.4. The number of rotatable bonds is 16. The third-order valence-electron chi connectivity index (χ3n) is 6.83. The summed E-state index contributed by atoms with van der Waals surface area (Å²) in [5, 5.41) is 0. The van der Waals surface area contributed by atoms with Crippen LogP contribution in [0.5, 0.6) is 0 Å². The molecule has 2 aliphatic rings. The lowest BCUT2D eigenvalue weighted by atomic mass is 9.96. The van der Waals surface area contributed by atoms with Crippen LogP contribution in [0.4, 0.5) is 0 Å². The largest absolute Gasteiger partial charge is 0.463 e. The molecule has 0 aromatic heterocycles. The Hall–Kier alpha value is -4.66. The first kappa shape index (κ1) is 43.5. The fourth-order valence-corrected chi connectivity index (χ4v) is 5.03. The minimum absolute atomic E-state index is 0.116. The highest BCUT2D eigenvalue weighted by Gasteiger charge is 2.57. The Morgan fingerprint density at radius 1 is 0.462 bits per heavy atom. The maximum Gasteiger partial charge on any atom is 0.333 e. The summed E-state index contributed by atoms with van der Waals surface area (Å²) in [6.45, 7) is 10.4. The number of esters is 8. The molecular formula is C32H44O20. The average molecular weight is 749 g/mol. The van der Waals surface area contributed by atoms with Gasteiger partial charge in [-0.25, -0.2) is 4.79 Å². The van der Waals surface area contributed by atoms with Crippen molar-refractivity contribution in [1.82, 2.24) is 0 Å². The van der Waals surface area contributed by atoms with Crippen LogP contribution in [0.1, 0.15) is 55.4 Å². The van der Waals surface area contributed by atoms with Crippen LogP contribution in [0.3, 0.4) is 0 Å². The first-order valence-electron chi connectivity index (χ1n) is 15.8. The summed E-state index contributed by atoms with van der Waals surface area (Å²) in [7, 11) is 0. The van der Waals surface area contributed by atoms with Crippen LogP contribution in [0, 0.1) is 0 Å². The van der Waals surface area contributed by atoms with Gasteiger partial charge in [0.05, 0.1) is 6.61 Å². The molecule has 2 rings (SSSR count). The van der Waals surface area contributed by atoms with E-state index in [1.54, 1.807) is 0 Å². The summed E-state index contributed by atoms with van der Waals surface area (Å²) < 4.78 is 66.6. The minimum atomic E-state index is -1.83. The molecule has 0 spiro atoms. The van der Waals surface area contributed by atoms with E-state index in [0.29, 0.717) is 0 Å². The van der Waals surface area contributed by atoms with Gasteiger partial charge < -0.3 is 56.8 Å². The Morgan fingerprint density at radius 3 is 1.29 bits per heavy atom. The second-order valence-corrected chi connectivity index (χ2v) is 11.4. The Labute approximate surface area is 298 Å². The molecule has 0 N–H and O–H groups in total. The van der Waals surface area contributed by atoms with Gasteiger partial charge in [-0.15, -0.1) is 0 Å². The maximum atomic E-state index is 12.5. The van der Waals surface area contributed by atoms with Crippen LogP contribution in [0.15, 0.2) is 12.2 Å². The summed E-state index contributed by atoms with van der Waals surface area (Å²) in [5.41, 5.74) is 0.116. The van der Waals surface area contributed by atoms with E-state index in [1.807, 2.05) is 0 Å². The molecule has 0 aromatic carbocycles. The predicted octanol–water partition coefficient (Wildman–Crippen LogP) is -0.258. The van der Waals surface area contributed by atoms with Crippen molar-refractivity contribution in [2.75, 3.05) is 26.4 Å². The van der Waals surface area contributed by atoms with E-state index in [4.69, 9.17) is 56.8 Å². The first-order chi connectivity index (χ1) is 24.3. The minimum Gasteiger partial charge on any atom is -0.463 e. The Balaban J connectivity index is 2.67. The third kappa shape index (κ3) is 13.8. The lowest BCUT2D eigenvalue weighted by molar-refractivity contribution is -0.361. The van der Waals surface area contributed by atoms with Gasteiger partial charge >= 0.3 is 47.8 Å². The first-order valence-corrected chi connectivity index (χ1v) is 15.8. The molecule has 20 nitrogen and oxygen atoms in total. The van der Waals surface area contributed by atoms with Gasteiger partial charge in [-0.05, 0) is 6.92 Å². The standard InChI is InChI=1S/C32H44O20/c1-14(2)30(40)41-10-11-42-31-28(48-20(8)38)27(47-19(7)37)25(23(50-31)13-44-16(4)34)52-32-29(49-21(9)39)26(46-18(6)36)24(45-17(5)35)22(51-32)12-43-15(3)33/h22-29,31-32H,1,10-13H2,2-9H3/t22?,23?,24-,25+,26?,27?,28?,29?,31+,32-/m0/s1. The molecule has 2 heterocycles. The van der Waals surface area contributed by atoms with Gasteiger partial charge in [-0.3, -0.25) is 33.6 Å². The van der Waals surface area contributed by atoms with Gasteiger partial charge in [-0.2, -0.15) is 0 Å². The Bertz CT molecular complexity index is 1340. The van der Waals surface area contributed by atoms with E-state index >= 15 is 0 Å². The molecule has 20 heteroatoms. The molecule has 0 amide bonds. The van der Waals surface area contributed by atoms with Crippen molar-refractivity contribution in [3.05, 3.63) is 12.2 Å². The SMILES string of the molecule is C=C(C)C(=O)OCCO[C@@H]1OC(COC(C)=O)[C@@H](O[C@@H]2OC(COC(C)=O)[C@H](OC(C)=O)C(OC(C)=O)C2OC(C)=O)C(OC(C)=O)C1OC(C)=O. The molecule has 0 bridgehead atoms. The number of hydrogen-bond donors (Lipinski definition) is 0. The van der Waals surface area contributed by atoms with Gasteiger partial charge in [0, 0.05) is 54.0 Å². The highest BCUT2D eigenvalue weighted by Crippen LogP contribution is 2.35. The molecule has 2 aliphatic heterocycles. The zero-order valence-corrected chi connectivity index (χ0v) is 30.0. The van der Waals surface area contributed by atoms with Crippen molar-refractivity contribution in [2.45, 2.75) is 117 Å². The van der Waals surface area contributed by atoms with E-state index in [0.717, 1.165) is 48.5 Å². The smallest absolute Gasteiger partial charge is 0.333 e. The molecule has 0 saturated carbocycles. The summed E-state index contributed by atoms with van der Waals surface area (Å²) in [6, 6.07) is 0. The van der Waals surface area contributed by atoms with Crippen LogP contribution in [-0.2, 0) is 95.2 Å². The van der Waals surface area contributed by atoms with Crippen LogP contribution >= 0.6 is 0 Å². The Kier molecular flexibility index (Phi) is 17.1. The topological polar surface area (TPSA) is 247 Å². The quantitative estimate of drug-likeness (QED) is 0.0854. The van der Waals surface area contributed by atoms with Crippen molar-refractivity contribution in [2.24, 2.45) is 0 Å². The van der Waals surface area contributed by atoms with Crippen molar-refractivity contribution in [1.29, 1.82) is 0 Å². The summed E-state index contributed by atoms with van der Waals surface area (Å²) in [5.74, 6) is -6.79. The number of carbonyl (C=O) groups is 8. The van der Waals surface area contributed by atoms with Crippen LogP contribution in [0.2, 0.25) is 0 Å². The van der Waals surface area contributed by atoms with E-state index in [-0.39, 0.29) is 18.8 Å². The van der Waals surface area contributed by atoms with Crippen molar-refractivity contribution in [3.8, 4) is 0 Å². The van der Waals surface area contributed by atoms with E-state index in [9.17, 15) is 38.4 Å². The fraction of sp³-hybridized carbons (Fsp3) is 0.688. The molecule has 292 valence electrons. The van der Waals surface area contributed by atoms with Gasteiger partial charge in [-0.1, -0.05) is 6.58 Å². The summed E-state index contributed by atoms with van der Waals surface area (Å²) in [4.78, 5) is 97.1. The van der Waals surface area contributed by atoms with Crippen molar-refractivity contribution >= 4 is 47.8 Å². The average Bonchev–Trinajstić information content (AvgIpc) is 3.01. The molecular weight excluding hydrogens is 704 g/mol. The highest BCUT2D eigenvalue weighted by atomic mass is 16.8. The molecule has 0 aromatic rings. The molecule has 6 unspecified atom stereocenters. The van der Waals surface area contributed by atoms with Gasteiger partial charge in [0.25, 0.3) is 0 Å². The molecule has 2 saturated heterocycles. The van der Waals surface area contributed by atoms with Crippen LogP contribution in [-0.4, -0.2) is 136 Å². The monoisotopic (exact) mass is 748 g/mol. The number of carbonyl (C=O) groups excluding carboxylic acids is 8.